The molecule has 0 aliphatic heterocycles. The van der Waals surface area contributed by atoms with Gasteiger partial charge in [0.2, 0.25) is 0 Å². The third-order valence-corrected chi connectivity index (χ3v) is 2.63. The summed E-state index contributed by atoms with van der Waals surface area (Å²) in [6, 6.07) is 11.7. The molecule has 16 heavy (non-hydrogen) atoms. The fraction of sp³-hybridized carbons (Fsp3) is 0.308. The van der Waals surface area contributed by atoms with E-state index < -0.39 is 6.10 Å². The van der Waals surface area contributed by atoms with Crippen LogP contribution in [-0.2, 0) is 6.54 Å². The Hall–Kier alpha value is -1.61. The van der Waals surface area contributed by atoms with E-state index in [0.717, 1.165) is 17.0 Å². The minimum Gasteiger partial charge on any atom is -0.386 e. The van der Waals surface area contributed by atoms with Crippen molar-refractivity contribution in [2.45, 2.75) is 26.5 Å². The highest BCUT2D eigenvalue weighted by Crippen LogP contribution is 2.15. The van der Waals surface area contributed by atoms with Crippen LogP contribution in [0.5, 0.6) is 0 Å². The number of aryl methyl sites for hydroxylation is 2. The maximum Gasteiger partial charge on any atom is 0.0985 e. The first-order valence-corrected chi connectivity index (χ1v) is 5.41. The predicted octanol–water partition coefficient (Wildman–Crippen LogP) is 2.23. The van der Waals surface area contributed by atoms with Crippen LogP contribution in [-0.4, -0.2) is 14.9 Å². The first-order chi connectivity index (χ1) is 7.66. The van der Waals surface area contributed by atoms with Crippen molar-refractivity contribution < 1.29 is 5.11 Å². The zero-order chi connectivity index (χ0) is 11.5. The molecule has 1 aromatic heterocycles. The van der Waals surface area contributed by atoms with Gasteiger partial charge in [-0.1, -0.05) is 30.3 Å². The Morgan fingerprint density at radius 1 is 1.25 bits per heavy atom. The van der Waals surface area contributed by atoms with E-state index in [0.29, 0.717) is 6.54 Å². The standard InChI is InChI=1S/C13H16N2O/c1-10-8-11(2)15(14-10)9-13(16)12-6-4-3-5-7-12/h3-8,13,16H,9H2,1-2H3/t13-/m1/s1. The highest BCUT2D eigenvalue weighted by Gasteiger charge is 2.10. The second-order valence-corrected chi connectivity index (χ2v) is 4.04. The van der Waals surface area contributed by atoms with Gasteiger partial charge >= 0.3 is 0 Å². The van der Waals surface area contributed by atoms with E-state index in [9.17, 15) is 5.11 Å². The van der Waals surface area contributed by atoms with Crippen LogP contribution in [0.15, 0.2) is 36.4 Å². The Kier molecular flexibility index (Phi) is 3.06. The molecule has 84 valence electrons. The van der Waals surface area contributed by atoms with Crippen LogP contribution in [0.3, 0.4) is 0 Å². The molecular weight excluding hydrogens is 200 g/mol. The summed E-state index contributed by atoms with van der Waals surface area (Å²) in [5.74, 6) is 0. The van der Waals surface area contributed by atoms with E-state index in [1.807, 2.05) is 54.9 Å². The van der Waals surface area contributed by atoms with E-state index in [2.05, 4.69) is 5.10 Å². The van der Waals surface area contributed by atoms with Crippen molar-refractivity contribution in [3.05, 3.63) is 53.3 Å². The van der Waals surface area contributed by atoms with Crippen molar-refractivity contribution in [3.8, 4) is 0 Å². The van der Waals surface area contributed by atoms with Crippen LogP contribution in [0.25, 0.3) is 0 Å². The highest BCUT2D eigenvalue weighted by atomic mass is 16.3. The van der Waals surface area contributed by atoms with Crippen molar-refractivity contribution in [1.29, 1.82) is 0 Å². The minimum atomic E-state index is -0.501. The molecular formula is C13H16N2O. The van der Waals surface area contributed by atoms with Crippen molar-refractivity contribution in [1.82, 2.24) is 9.78 Å². The van der Waals surface area contributed by atoms with Crippen LogP contribution >= 0.6 is 0 Å². The normalized spacial score (nSPS) is 12.7. The molecule has 0 radical (unpaired) electrons. The maximum absolute atomic E-state index is 10.0. The summed E-state index contributed by atoms with van der Waals surface area (Å²) in [4.78, 5) is 0. The third-order valence-electron chi connectivity index (χ3n) is 2.63. The number of hydrogen-bond acceptors (Lipinski definition) is 2. The Bertz CT molecular complexity index is 462. The quantitative estimate of drug-likeness (QED) is 0.854. The van der Waals surface area contributed by atoms with Gasteiger partial charge < -0.3 is 5.11 Å². The van der Waals surface area contributed by atoms with Crippen LogP contribution in [0.2, 0.25) is 0 Å². The molecule has 1 N–H and O–H groups in total. The van der Waals surface area contributed by atoms with Crippen molar-refractivity contribution >= 4 is 0 Å². The average molecular weight is 216 g/mol. The largest absolute Gasteiger partial charge is 0.386 e. The fourth-order valence-corrected chi connectivity index (χ4v) is 1.80. The summed E-state index contributed by atoms with van der Waals surface area (Å²) in [6.07, 6.45) is -0.501. The molecule has 0 fully saturated rings. The Morgan fingerprint density at radius 3 is 2.50 bits per heavy atom. The molecule has 0 unspecified atom stereocenters. The second kappa shape index (κ2) is 4.49. The predicted molar refractivity (Wildman–Crippen MR) is 63.1 cm³/mol. The average Bonchev–Trinajstić information content (AvgIpc) is 2.59. The number of hydrogen-bond donors (Lipinski definition) is 1. The van der Waals surface area contributed by atoms with Gasteiger partial charge in [0.25, 0.3) is 0 Å². The van der Waals surface area contributed by atoms with Gasteiger partial charge in [-0.25, -0.2) is 0 Å². The molecule has 0 spiro atoms. The van der Waals surface area contributed by atoms with Crippen molar-refractivity contribution in [2.24, 2.45) is 0 Å². The monoisotopic (exact) mass is 216 g/mol. The van der Waals surface area contributed by atoms with Gasteiger partial charge in [0.1, 0.15) is 0 Å². The van der Waals surface area contributed by atoms with E-state index in [-0.39, 0.29) is 0 Å². The van der Waals surface area contributed by atoms with Crippen LogP contribution in [0.4, 0.5) is 0 Å². The van der Waals surface area contributed by atoms with Gasteiger partial charge in [-0.05, 0) is 25.5 Å². The van der Waals surface area contributed by atoms with E-state index in [1.165, 1.54) is 0 Å². The molecule has 0 aliphatic rings. The molecule has 3 heteroatoms. The molecule has 2 aromatic rings. The van der Waals surface area contributed by atoms with Crippen molar-refractivity contribution in [2.75, 3.05) is 0 Å². The zero-order valence-corrected chi connectivity index (χ0v) is 9.59. The number of aliphatic hydroxyl groups is 1. The highest BCUT2D eigenvalue weighted by molar-refractivity contribution is 5.17. The van der Waals surface area contributed by atoms with E-state index in [1.54, 1.807) is 0 Å². The topological polar surface area (TPSA) is 38.0 Å². The summed E-state index contributed by atoms with van der Waals surface area (Å²) in [5, 5.41) is 14.4. The summed E-state index contributed by atoms with van der Waals surface area (Å²) >= 11 is 0. The van der Waals surface area contributed by atoms with Gasteiger partial charge in [-0.2, -0.15) is 5.10 Å². The zero-order valence-electron chi connectivity index (χ0n) is 9.59. The molecule has 0 bridgehead atoms. The third kappa shape index (κ3) is 2.31. The summed E-state index contributed by atoms with van der Waals surface area (Å²) < 4.78 is 1.84. The van der Waals surface area contributed by atoms with Crippen molar-refractivity contribution in [3.63, 3.8) is 0 Å². The van der Waals surface area contributed by atoms with E-state index >= 15 is 0 Å². The first kappa shape index (κ1) is 10.9. The van der Waals surface area contributed by atoms with Gasteiger partial charge in [0.05, 0.1) is 18.3 Å². The molecule has 2 rings (SSSR count). The lowest BCUT2D eigenvalue weighted by Crippen LogP contribution is -2.11. The lowest BCUT2D eigenvalue weighted by atomic mass is 10.1. The molecule has 0 amide bonds. The minimum absolute atomic E-state index is 0.501. The number of rotatable bonds is 3. The first-order valence-electron chi connectivity index (χ1n) is 5.41. The van der Waals surface area contributed by atoms with Gasteiger partial charge in [-0.15, -0.1) is 0 Å². The van der Waals surface area contributed by atoms with Gasteiger partial charge in [-0.3, -0.25) is 4.68 Å². The summed E-state index contributed by atoms with van der Waals surface area (Å²) in [5.41, 5.74) is 2.99. The number of aliphatic hydroxyl groups excluding tert-OH is 1. The molecule has 3 nitrogen and oxygen atoms in total. The molecule has 1 aromatic carbocycles. The molecule has 0 saturated heterocycles. The van der Waals surface area contributed by atoms with E-state index in [4.69, 9.17) is 0 Å². The van der Waals surface area contributed by atoms with Crippen LogP contribution in [0.1, 0.15) is 23.1 Å². The SMILES string of the molecule is Cc1cc(C)n(C[C@@H](O)c2ccccc2)n1. The van der Waals surface area contributed by atoms with Gasteiger partial charge in [0, 0.05) is 5.69 Å². The fourth-order valence-electron chi connectivity index (χ4n) is 1.80. The molecule has 1 heterocycles. The number of benzene rings is 1. The summed E-state index contributed by atoms with van der Waals surface area (Å²) in [6.45, 7) is 4.46. The summed E-state index contributed by atoms with van der Waals surface area (Å²) in [7, 11) is 0. The lowest BCUT2D eigenvalue weighted by Gasteiger charge is -2.12. The Balaban J connectivity index is 2.14. The molecule has 1 atom stereocenters. The lowest BCUT2D eigenvalue weighted by molar-refractivity contribution is 0.150. The van der Waals surface area contributed by atoms with Crippen LogP contribution < -0.4 is 0 Å². The number of nitrogens with zero attached hydrogens (tertiary/aromatic N) is 2. The Morgan fingerprint density at radius 2 is 1.94 bits per heavy atom. The molecule has 0 aliphatic carbocycles. The second-order valence-electron chi connectivity index (χ2n) is 4.04. The smallest absolute Gasteiger partial charge is 0.0985 e. The van der Waals surface area contributed by atoms with Gasteiger partial charge in [0.15, 0.2) is 0 Å². The molecule has 0 saturated carbocycles. The van der Waals surface area contributed by atoms with Crippen LogP contribution in [0, 0.1) is 13.8 Å². The maximum atomic E-state index is 10.0. The Labute approximate surface area is 95.3 Å². The number of aromatic nitrogens is 2.